The average Bonchev–Trinajstić information content (AvgIpc) is 2.65. The molecule has 7 atom stereocenters. The van der Waals surface area contributed by atoms with Crippen LogP contribution in [0.5, 0.6) is 0 Å². The van der Waals surface area contributed by atoms with Crippen molar-refractivity contribution in [3.8, 4) is 0 Å². The second-order valence-corrected chi connectivity index (χ2v) is 11.8. The van der Waals surface area contributed by atoms with Gasteiger partial charge in [0.1, 0.15) is 23.9 Å². The van der Waals surface area contributed by atoms with E-state index in [4.69, 9.17) is 18.9 Å². The van der Waals surface area contributed by atoms with Crippen molar-refractivity contribution in [3.05, 3.63) is 0 Å². The molecule has 7 heteroatoms. The molecule has 1 heterocycles. The Kier molecular flexibility index (Phi) is 6.98. The van der Waals surface area contributed by atoms with Gasteiger partial charge < -0.3 is 18.9 Å². The zero-order valence-electron chi connectivity index (χ0n) is 21.6. The maximum Gasteiger partial charge on any atom is 0.303 e. The van der Waals surface area contributed by atoms with Gasteiger partial charge in [0.25, 0.3) is 0 Å². The second-order valence-electron chi connectivity index (χ2n) is 11.8. The highest BCUT2D eigenvalue weighted by Crippen LogP contribution is 2.66. The summed E-state index contributed by atoms with van der Waals surface area (Å²) in [7, 11) is 0. The third-order valence-corrected chi connectivity index (χ3v) is 8.97. The van der Waals surface area contributed by atoms with Gasteiger partial charge in [-0.15, -0.1) is 0 Å². The SMILES string of the molecule is CC(=O)OC[C@@H](OC(C)=O)[C@@]1(C)CC[C@@H]2[C@@]3(C)CCCC(C)(C)[C@@H]3C[C@H](OC(C)=O)[C@@]2(C)O1. The minimum Gasteiger partial charge on any atom is -0.462 e. The summed E-state index contributed by atoms with van der Waals surface area (Å²) in [4.78, 5) is 35.5. The molecular formula is C26H42O7. The number of rotatable bonds is 5. The molecule has 1 saturated heterocycles. The normalized spacial score (nSPS) is 40.5. The monoisotopic (exact) mass is 466 g/mol. The molecule has 3 rings (SSSR count). The molecule has 1 aliphatic heterocycles. The molecule has 0 bridgehead atoms. The third kappa shape index (κ3) is 4.80. The second kappa shape index (κ2) is 8.86. The van der Waals surface area contributed by atoms with E-state index in [9.17, 15) is 14.4 Å². The van der Waals surface area contributed by atoms with Gasteiger partial charge in [-0.1, -0.05) is 27.2 Å². The van der Waals surface area contributed by atoms with Crippen LogP contribution in [-0.4, -0.2) is 47.9 Å². The average molecular weight is 467 g/mol. The lowest BCUT2D eigenvalue weighted by atomic mass is 9.43. The van der Waals surface area contributed by atoms with Crippen molar-refractivity contribution >= 4 is 17.9 Å². The molecule has 2 aliphatic carbocycles. The number of hydrogen-bond donors (Lipinski definition) is 0. The Labute approximate surface area is 198 Å². The molecule has 0 amide bonds. The zero-order valence-corrected chi connectivity index (χ0v) is 21.6. The van der Waals surface area contributed by atoms with Crippen LogP contribution in [-0.2, 0) is 33.3 Å². The van der Waals surface area contributed by atoms with Crippen LogP contribution in [0.4, 0.5) is 0 Å². The van der Waals surface area contributed by atoms with Crippen molar-refractivity contribution < 1.29 is 33.3 Å². The molecule has 0 N–H and O–H groups in total. The van der Waals surface area contributed by atoms with Crippen molar-refractivity contribution in [2.45, 2.75) is 117 Å². The Balaban J connectivity index is 2.00. The summed E-state index contributed by atoms with van der Waals surface area (Å²) < 4.78 is 23.7. The Morgan fingerprint density at radius 3 is 2.15 bits per heavy atom. The highest BCUT2D eigenvalue weighted by atomic mass is 16.6. The molecule has 0 spiro atoms. The van der Waals surface area contributed by atoms with Gasteiger partial charge in [0.05, 0.1) is 0 Å². The molecule has 3 fully saturated rings. The van der Waals surface area contributed by atoms with Gasteiger partial charge in [-0.3, -0.25) is 14.4 Å². The van der Waals surface area contributed by atoms with E-state index in [1.54, 1.807) is 0 Å². The van der Waals surface area contributed by atoms with Gasteiger partial charge in [-0.25, -0.2) is 0 Å². The van der Waals surface area contributed by atoms with Gasteiger partial charge in [0.15, 0.2) is 6.10 Å². The van der Waals surface area contributed by atoms with Crippen LogP contribution >= 0.6 is 0 Å². The van der Waals surface area contributed by atoms with E-state index in [1.165, 1.54) is 33.6 Å². The third-order valence-electron chi connectivity index (χ3n) is 8.97. The predicted molar refractivity (Wildman–Crippen MR) is 122 cm³/mol. The molecule has 7 nitrogen and oxygen atoms in total. The molecule has 3 aliphatic rings. The topological polar surface area (TPSA) is 88.1 Å². The van der Waals surface area contributed by atoms with Crippen molar-refractivity contribution in [2.24, 2.45) is 22.7 Å². The fourth-order valence-corrected chi connectivity index (χ4v) is 7.56. The summed E-state index contributed by atoms with van der Waals surface area (Å²) in [5, 5.41) is 0. The summed E-state index contributed by atoms with van der Waals surface area (Å²) in [6.07, 6.45) is 4.56. The van der Waals surface area contributed by atoms with E-state index in [0.717, 1.165) is 19.3 Å². The lowest BCUT2D eigenvalue weighted by Crippen LogP contribution is -2.70. The van der Waals surface area contributed by atoms with E-state index >= 15 is 0 Å². The number of esters is 3. The largest absolute Gasteiger partial charge is 0.462 e. The number of carbonyl (C=O) groups excluding carboxylic acids is 3. The molecule has 0 radical (unpaired) electrons. The van der Waals surface area contributed by atoms with E-state index in [1.807, 2.05) is 6.92 Å². The van der Waals surface area contributed by atoms with Gasteiger partial charge in [0.2, 0.25) is 0 Å². The number of ether oxygens (including phenoxy) is 4. The highest BCUT2D eigenvalue weighted by molar-refractivity contribution is 5.67. The Hall–Kier alpha value is -1.63. The molecule has 0 unspecified atom stereocenters. The van der Waals surface area contributed by atoms with E-state index in [0.29, 0.717) is 12.3 Å². The molecule has 0 aromatic rings. The van der Waals surface area contributed by atoms with E-state index in [-0.39, 0.29) is 29.3 Å². The highest BCUT2D eigenvalue weighted by Gasteiger charge is 2.67. The number of carbonyl (C=O) groups is 3. The quantitative estimate of drug-likeness (QED) is 0.432. The van der Waals surface area contributed by atoms with Crippen LogP contribution in [0, 0.1) is 22.7 Å². The molecule has 188 valence electrons. The summed E-state index contributed by atoms with van der Waals surface area (Å²) >= 11 is 0. The van der Waals surface area contributed by atoms with E-state index in [2.05, 4.69) is 27.7 Å². The fourth-order valence-electron chi connectivity index (χ4n) is 7.56. The summed E-state index contributed by atoms with van der Waals surface area (Å²) in [6.45, 7) is 15.1. The first-order valence-corrected chi connectivity index (χ1v) is 12.3. The fraction of sp³-hybridized carbons (Fsp3) is 0.885. The van der Waals surface area contributed by atoms with Gasteiger partial charge in [-0.05, 0) is 68.6 Å². The Morgan fingerprint density at radius 2 is 1.58 bits per heavy atom. The lowest BCUT2D eigenvalue weighted by molar-refractivity contribution is -0.320. The standard InChI is InChI=1S/C26H42O7/c1-16(27)30-15-22(32-18(3)29)25(7)13-10-19-24(6)12-9-11-23(4,5)20(24)14-21(31-17(2)28)26(19,8)33-25/h19-22H,9-15H2,1-8H3/t19-,20+,21+,22-,24-,25-,26+/m1/s1. The summed E-state index contributed by atoms with van der Waals surface area (Å²) in [5.74, 6) is -0.604. The number of fused-ring (bicyclic) bond motifs is 3. The lowest BCUT2D eigenvalue weighted by Gasteiger charge is -2.67. The van der Waals surface area contributed by atoms with Crippen molar-refractivity contribution in [2.75, 3.05) is 6.61 Å². The first kappa shape index (κ1) is 26.0. The van der Waals surface area contributed by atoms with Crippen molar-refractivity contribution in [1.29, 1.82) is 0 Å². The van der Waals surface area contributed by atoms with Crippen LogP contribution in [0.1, 0.15) is 93.9 Å². The first-order chi connectivity index (χ1) is 15.1. The van der Waals surface area contributed by atoms with Gasteiger partial charge in [-0.2, -0.15) is 0 Å². The molecule has 0 aromatic heterocycles. The molecule has 2 saturated carbocycles. The van der Waals surface area contributed by atoms with Crippen LogP contribution in [0.15, 0.2) is 0 Å². The van der Waals surface area contributed by atoms with Crippen molar-refractivity contribution in [3.63, 3.8) is 0 Å². The Morgan fingerprint density at radius 1 is 0.909 bits per heavy atom. The molecular weight excluding hydrogens is 424 g/mol. The number of hydrogen-bond acceptors (Lipinski definition) is 7. The van der Waals surface area contributed by atoms with Gasteiger partial charge >= 0.3 is 17.9 Å². The first-order valence-electron chi connectivity index (χ1n) is 12.3. The Bertz CT molecular complexity index is 792. The van der Waals surface area contributed by atoms with Crippen LogP contribution < -0.4 is 0 Å². The minimum absolute atomic E-state index is 0.0568. The smallest absolute Gasteiger partial charge is 0.303 e. The van der Waals surface area contributed by atoms with Crippen LogP contribution in [0.25, 0.3) is 0 Å². The maximum absolute atomic E-state index is 12.1. The summed E-state index contributed by atoms with van der Waals surface area (Å²) in [6, 6.07) is 0. The summed E-state index contributed by atoms with van der Waals surface area (Å²) in [5.41, 5.74) is -1.41. The minimum atomic E-state index is -0.877. The predicted octanol–water partition coefficient (Wildman–Crippen LogP) is 4.59. The van der Waals surface area contributed by atoms with Gasteiger partial charge in [0, 0.05) is 20.8 Å². The van der Waals surface area contributed by atoms with Crippen LogP contribution in [0.3, 0.4) is 0 Å². The van der Waals surface area contributed by atoms with Crippen LogP contribution in [0.2, 0.25) is 0 Å². The van der Waals surface area contributed by atoms with Crippen molar-refractivity contribution in [1.82, 2.24) is 0 Å². The van der Waals surface area contributed by atoms with E-state index < -0.39 is 35.3 Å². The molecule has 0 aromatic carbocycles. The maximum atomic E-state index is 12.1. The molecule has 33 heavy (non-hydrogen) atoms. The zero-order chi connectivity index (χ0) is 24.8.